The molecule has 1 aromatic heterocycles. The summed E-state index contributed by atoms with van der Waals surface area (Å²) >= 11 is 4.17. The molecular formula is C9H16N2S. The van der Waals surface area contributed by atoms with Crippen LogP contribution in [0.15, 0.2) is 0 Å². The Labute approximate surface area is 79.2 Å². The summed E-state index contributed by atoms with van der Waals surface area (Å²) in [7, 11) is 0. The van der Waals surface area contributed by atoms with E-state index in [1.807, 2.05) is 0 Å². The number of nitrogens with zero attached hydrogens (tertiary/aromatic N) is 1. The molecule has 12 heavy (non-hydrogen) atoms. The zero-order valence-corrected chi connectivity index (χ0v) is 8.62. The second kappa shape index (κ2) is 4.55. The Balaban J connectivity index is 2.70. The van der Waals surface area contributed by atoms with E-state index in [2.05, 4.69) is 36.4 Å². The molecule has 0 aromatic carbocycles. The summed E-state index contributed by atoms with van der Waals surface area (Å²) in [5.74, 6) is 1.93. The van der Waals surface area contributed by atoms with E-state index in [-0.39, 0.29) is 0 Å². The van der Waals surface area contributed by atoms with Crippen molar-refractivity contribution >= 4 is 12.6 Å². The summed E-state index contributed by atoms with van der Waals surface area (Å²) < 4.78 is 0. The molecule has 1 heterocycles. The Kier molecular flexibility index (Phi) is 3.66. The van der Waals surface area contributed by atoms with Gasteiger partial charge in [-0.3, -0.25) is 0 Å². The first-order valence-electron chi connectivity index (χ1n) is 4.43. The van der Waals surface area contributed by atoms with Gasteiger partial charge in [-0.05, 0) is 19.1 Å². The zero-order chi connectivity index (χ0) is 8.97. The fraction of sp³-hybridized carbons (Fsp3) is 0.667. The smallest absolute Gasteiger partial charge is 0.107 e. The molecule has 0 unspecified atom stereocenters. The Hall–Kier alpha value is -0.440. The third-order valence-electron chi connectivity index (χ3n) is 1.87. The summed E-state index contributed by atoms with van der Waals surface area (Å²) in [5.41, 5.74) is 2.43. The van der Waals surface area contributed by atoms with E-state index in [4.69, 9.17) is 0 Å². The maximum atomic E-state index is 4.48. The molecule has 3 heteroatoms. The van der Waals surface area contributed by atoms with Gasteiger partial charge in [0.2, 0.25) is 0 Å². The second-order valence-electron chi connectivity index (χ2n) is 2.98. The lowest BCUT2D eigenvalue weighted by molar-refractivity contribution is 0.874. The fourth-order valence-electron chi connectivity index (χ4n) is 1.27. The molecule has 0 saturated carbocycles. The highest BCUT2D eigenvalue weighted by molar-refractivity contribution is 7.80. The average Bonchev–Trinajstić information content (AvgIpc) is 2.34. The van der Waals surface area contributed by atoms with Gasteiger partial charge in [0.25, 0.3) is 0 Å². The first-order valence-corrected chi connectivity index (χ1v) is 5.06. The zero-order valence-electron chi connectivity index (χ0n) is 7.72. The molecule has 0 atom stereocenters. The minimum Gasteiger partial charge on any atom is -0.346 e. The number of rotatable bonds is 4. The molecule has 0 fully saturated rings. The van der Waals surface area contributed by atoms with Gasteiger partial charge < -0.3 is 4.98 Å². The number of nitrogens with one attached hydrogen (secondary N) is 1. The molecule has 1 N–H and O–H groups in total. The van der Waals surface area contributed by atoms with Gasteiger partial charge in [0.15, 0.2) is 0 Å². The predicted molar refractivity (Wildman–Crippen MR) is 54.9 cm³/mol. The quantitative estimate of drug-likeness (QED) is 0.690. The van der Waals surface area contributed by atoms with Crippen LogP contribution in [0, 0.1) is 6.92 Å². The van der Waals surface area contributed by atoms with Crippen molar-refractivity contribution in [3.63, 3.8) is 0 Å². The highest BCUT2D eigenvalue weighted by Gasteiger charge is 2.03. The maximum Gasteiger partial charge on any atom is 0.107 e. The van der Waals surface area contributed by atoms with Crippen molar-refractivity contribution in [3.8, 4) is 0 Å². The van der Waals surface area contributed by atoms with Gasteiger partial charge in [0.05, 0.1) is 5.69 Å². The Morgan fingerprint density at radius 3 is 2.75 bits per heavy atom. The fourth-order valence-corrected chi connectivity index (χ4v) is 1.48. The first-order chi connectivity index (χ1) is 5.77. The minimum absolute atomic E-state index is 0.860. The van der Waals surface area contributed by atoms with E-state index in [1.54, 1.807) is 0 Å². The molecule has 68 valence electrons. The Bertz CT molecular complexity index is 243. The van der Waals surface area contributed by atoms with Crippen molar-refractivity contribution in [1.82, 2.24) is 9.97 Å². The number of thiol groups is 1. The first kappa shape index (κ1) is 9.65. The van der Waals surface area contributed by atoms with E-state index in [0.717, 1.165) is 30.8 Å². The monoisotopic (exact) mass is 184 g/mol. The third-order valence-corrected chi connectivity index (χ3v) is 2.09. The number of aromatic amines is 1. The second-order valence-corrected chi connectivity index (χ2v) is 3.43. The van der Waals surface area contributed by atoms with Gasteiger partial charge >= 0.3 is 0 Å². The SMILES string of the molecule is CCCc1nc(CCS)[nH]c1C. The van der Waals surface area contributed by atoms with E-state index in [0.29, 0.717) is 0 Å². The van der Waals surface area contributed by atoms with Crippen LogP contribution in [0.25, 0.3) is 0 Å². The molecule has 0 aliphatic rings. The number of aromatic nitrogens is 2. The van der Waals surface area contributed by atoms with Crippen LogP contribution in [-0.2, 0) is 12.8 Å². The summed E-state index contributed by atoms with van der Waals surface area (Å²) in [4.78, 5) is 7.76. The number of hydrogen-bond acceptors (Lipinski definition) is 2. The normalized spacial score (nSPS) is 10.6. The van der Waals surface area contributed by atoms with Crippen LogP contribution < -0.4 is 0 Å². The molecular weight excluding hydrogens is 168 g/mol. The molecule has 0 spiro atoms. The van der Waals surface area contributed by atoms with Crippen molar-refractivity contribution in [2.45, 2.75) is 33.1 Å². The number of imidazole rings is 1. The number of aryl methyl sites for hydroxylation is 3. The van der Waals surface area contributed by atoms with Crippen LogP contribution >= 0.6 is 12.6 Å². The Morgan fingerprint density at radius 1 is 1.42 bits per heavy atom. The summed E-state index contributed by atoms with van der Waals surface area (Å²) in [5, 5.41) is 0. The number of hydrogen-bond donors (Lipinski definition) is 2. The van der Waals surface area contributed by atoms with Gasteiger partial charge in [-0.25, -0.2) is 4.98 Å². The topological polar surface area (TPSA) is 28.7 Å². The molecule has 1 rings (SSSR count). The van der Waals surface area contributed by atoms with Gasteiger partial charge in [-0.2, -0.15) is 12.6 Å². The van der Waals surface area contributed by atoms with E-state index in [1.165, 1.54) is 11.4 Å². The van der Waals surface area contributed by atoms with Crippen LogP contribution in [0.1, 0.15) is 30.6 Å². The van der Waals surface area contributed by atoms with Crippen LogP contribution in [0.4, 0.5) is 0 Å². The van der Waals surface area contributed by atoms with E-state index in [9.17, 15) is 0 Å². The molecule has 0 aliphatic heterocycles. The van der Waals surface area contributed by atoms with Crippen LogP contribution in [0.5, 0.6) is 0 Å². The lowest BCUT2D eigenvalue weighted by Gasteiger charge is -1.91. The van der Waals surface area contributed by atoms with Crippen molar-refractivity contribution in [1.29, 1.82) is 0 Å². The van der Waals surface area contributed by atoms with Crippen LogP contribution in [0.2, 0.25) is 0 Å². The van der Waals surface area contributed by atoms with Gasteiger partial charge in [0, 0.05) is 12.1 Å². The van der Waals surface area contributed by atoms with Crippen molar-refractivity contribution < 1.29 is 0 Å². The van der Waals surface area contributed by atoms with Crippen molar-refractivity contribution in [2.24, 2.45) is 0 Å². The molecule has 1 aromatic rings. The summed E-state index contributed by atoms with van der Waals surface area (Å²) in [6, 6.07) is 0. The number of H-pyrrole nitrogens is 1. The standard InChI is InChI=1S/C9H16N2S/c1-3-4-8-7(2)10-9(11-8)5-6-12/h12H,3-6H2,1-2H3,(H,10,11). The predicted octanol–water partition coefficient (Wildman–Crippen LogP) is 2.14. The summed E-state index contributed by atoms with van der Waals surface area (Å²) in [6.07, 6.45) is 3.18. The van der Waals surface area contributed by atoms with Crippen molar-refractivity contribution in [2.75, 3.05) is 5.75 Å². The molecule has 0 bridgehead atoms. The lowest BCUT2D eigenvalue weighted by atomic mass is 10.2. The highest BCUT2D eigenvalue weighted by atomic mass is 32.1. The molecule has 0 radical (unpaired) electrons. The van der Waals surface area contributed by atoms with Gasteiger partial charge in [-0.1, -0.05) is 13.3 Å². The molecule has 2 nitrogen and oxygen atoms in total. The minimum atomic E-state index is 0.860. The molecule has 0 aliphatic carbocycles. The summed E-state index contributed by atoms with van der Waals surface area (Å²) in [6.45, 7) is 4.26. The maximum absolute atomic E-state index is 4.48. The van der Waals surface area contributed by atoms with Crippen LogP contribution in [0.3, 0.4) is 0 Å². The van der Waals surface area contributed by atoms with E-state index >= 15 is 0 Å². The third kappa shape index (κ3) is 2.27. The van der Waals surface area contributed by atoms with Crippen LogP contribution in [-0.4, -0.2) is 15.7 Å². The molecule has 0 saturated heterocycles. The van der Waals surface area contributed by atoms with Gasteiger partial charge in [-0.15, -0.1) is 0 Å². The van der Waals surface area contributed by atoms with Gasteiger partial charge in [0.1, 0.15) is 5.82 Å². The lowest BCUT2D eigenvalue weighted by Crippen LogP contribution is -1.89. The average molecular weight is 184 g/mol. The van der Waals surface area contributed by atoms with Crippen molar-refractivity contribution in [3.05, 3.63) is 17.2 Å². The Morgan fingerprint density at radius 2 is 2.17 bits per heavy atom. The molecule has 0 amide bonds. The highest BCUT2D eigenvalue weighted by Crippen LogP contribution is 2.07. The van der Waals surface area contributed by atoms with E-state index < -0.39 is 0 Å². The largest absolute Gasteiger partial charge is 0.346 e.